The van der Waals surface area contributed by atoms with Crippen LogP contribution < -0.4 is 5.32 Å². The lowest BCUT2D eigenvalue weighted by atomic mass is 10.1. The SMILES string of the molecule is Cc1cc2ncc(CCCNC(=O)CCc3ccccc3Br)cn2n1. The van der Waals surface area contributed by atoms with Gasteiger partial charge in [-0.3, -0.25) is 4.79 Å². The maximum atomic E-state index is 12.0. The van der Waals surface area contributed by atoms with Crippen LogP contribution in [0.3, 0.4) is 0 Å². The highest BCUT2D eigenvalue weighted by molar-refractivity contribution is 9.10. The number of benzene rings is 1. The molecule has 2 aromatic heterocycles. The van der Waals surface area contributed by atoms with Crippen molar-refractivity contribution in [2.24, 2.45) is 0 Å². The number of carbonyl (C=O) groups excluding carboxylic acids is 1. The monoisotopic (exact) mass is 400 g/mol. The Morgan fingerprint density at radius 1 is 1.28 bits per heavy atom. The van der Waals surface area contributed by atoms with Crippen LogP contribution in [0.5, 0.6) is 0 Å². The minimum atomic E-state index is 0.0898. The largest absolute Gasteiger partial charge is 0.356 e. The predicted molar refractivity (Wildman–Crippen MR) is 102 cm³/mol. The molecule has 0 spiro atoms. The van der Waals surface area contributed by atoms with Gasteiger partial charge in [-0.1, -0.05) is 34.1 Å². The highest BCUT2D eigenvalue weighted by atomic mass is 79.9. The molecule has 130 valence electrons. The van der Waals surface area contributed by atoms with E-state index in [1.165, 1.54) is 0 Å². The molecule has 0 aliphatic carbocycles. The van der Waals surface area contributed by atoms with Crippen molar-refractivity contribution in [1.82, 2.24) is 19.9 Å². The summed E-state index contributed by atoms with van der Waals surface area (Å²) in [5, 5.41) is 7.36. The van der Waals surface area contributed by atoms with Gasteiger partial charge in [0.15, 0.2) is 5.65 Å². The van der Waals surface area contributed by atoms with Crippen molar-refractivity contribution in [3.05, 3.63) is 64.0 Å². The maximum Gasteiger partial charge on any atom is 0.220 e. The molecule has 0 saturated carbocycles. The van der Waals surface area contributed by atoms with Gasteiger partial charge in [0.2, 0.25) is 5.91 Å². The first kappa shape index (κ1) is 17.6. The average molecular weight is 401 g/mol. The van der Waals surface area contributed by atoms with Crippen LogP contribution in [-0.2, 0) is 17.6 Å². The van der Waals surface area contributed by atoms with Crippen molar-refractivity contribution in [1.29, 1.82) is 0 Å². The first-order chi connectivity index (χ1) is 12.1. The summed E-state index contributed by atoms with van der Waals surface area (Å²) < 4.78 is 2.86. The van der Waals surface area contributed by atoms with Crippen molar-refractivity contribution in [2.75, 3.05) is 6.54 Å². The molecule has 0 bridgehead atoms. The number of rotatable bonds is 7. The highest BCUT2D eigenvalue weighted by Crippen LogP contribution is 2.17. The number of aromatic nitrogens is 3. The van der Waals surface area contributed by atoms with Gasteiger partial charge in [0.25, 0.3) is 0 Å². The van der Waals surface area contributed by atoms with Crippen LogP contribution in [0.1, 0.15) is 29.7 Å². The lowest BCUT2D eigenvalue weighted by Crippen LogP contribution is -2.25. The van der Waals surface area contributed by atoms with Gasteiger partial charge < -0.3 is 5.32 Å². The summed E-state index contributed by atoms with van der Waals surface area (Å²) in [5.41, 5.74) is 4.10. The average Bonchev–Trinajstić information content (AvgIpc) is 2.97. The number of fused-ring (bicyclic) bond motifs is 1. The van der Waals surface area contributed by atoms with E-state index in [1.54, 1.807) is 4.52 Å². The topological polar surface area (TPSA) is 59.3 Å². The van der Waals surface area contributed by atoms with Gasteiger partial charge in [-0.15, -0.1) is 0 Å². The van der Waals surface area contributed by atoms with Crippen molar-refractivity contribution in [2.45, 2.75) is 32.6 Å². The molecule has 25 heavy (non-hydrogen) atoms. The Bertz CT molecular complexity index is 875. The number of halogens is 1. The molecule has 1 amide bonds. The maximum absolute atomic E-state index is 12.0. The number of nitrogens with zero attached hydrogens (tertiary/aromatic N) is 3. The fraction of sp³-hybridized carbons (Fsp3) is 0.316. The first-order valence-corrected chi connectivity index (χ1v) is 9.22. The summed E-state index contributed by atoms with van der Waals surface area (Å²) in [5.74, 6) is 0.0898. The Morgan fingerprint density at radius 3 is 2.96 bits per heavy atom. The van der Waals surface area contributed by atoms with Gasteiger partial charge in [-0.05, 0) is 43.4 Å². The third-order valence-corrected chi connectivity index (χ3v) is 4.81. The molecule has 0 radical (unpaired) electrons. The van der Waals surface area contributed by atoms with Crippen LogP contribution in [0.25, 0.3) is 5.65 Å². The summed E-state index contributed by atoms with van der Waals surface area (Å²) in [6.45, 7) is 2.63. The van der Waals surface area contributed by atoms with Crippen molar-refractivity contribution >= 4 is 27.5 Å². The molecule has 6 heteroatoms. The molecule has 5 nitrogen and oxygen atoms in total. The van der Waals surface area contributed by atoms with E-state index in [1.807, 2.05) is 49.6 Å². The van der Waals surface area contributed by atoms with E-state index in [0.29, 0.717) is 13.0 Å². The lowest BCUT2D eigenvalue weighted by molar-refractivity contribution is -0.121. The number of aryl methyl sites for hydroxylation is 3. The molecular formula is C19H21BrN4O. The molecule has 3 rings (SSSR count). The number of hydrogen-bond acceptors (Lipinski definition) is 3. The van der Waals surface area contributed by atoms with Gasteiger partial charge in [0.1, 0.15) is 0 Å². The van der Waals surface area contributed by atoms with Gasteiger partial charge in [0, 0.05) is 35.9 Å². The van der Waals surface area contributed by atoms with Crippen LogP contribution in [0.15, 0.2) is 47.2 Å². The molecule has 0 unspecified atom stereocenters. The molecule has 2 heterocycles. The normalized spacial score (nSPS) is 11.0. The second kappa shape index (κ2) is 8.25. The highest BCUT2D eigenvalue weighted by Gasteiger charge is 2.05. The Hall–Kier alpha value is -2.21. The summed E-state index contributed by atoms with van der Waals surface area (Å²) in [4.78, 5) is 16.4. The van der Waals surface area contributed by atoms with E-state index in [2.05, 4.69) is 31.3 Å². The van der Waals surface area contributed by atoms with E-state index in [0.717, 1.165) is 46.2 Å². The molecule has 3 aromatic rings. The number of nitrogens with one attached hydrogen (secondary N) is 1. The molecule has 0 saturated heterocycles. The van der Waals surface area contributed by atoms with Crippen molar-refractivity contribution in [3.8, 4) is 0 Å². The second-order valence-corrected chi connectivity index (χ2v) is 6.95. The Morgan fingerprint density at radius 2 is 2.12 bits per heavy atom. The minimum Gasteiger partial charge on any atom is -0.356 e. The first-order valence-electron chi connectivity index (χ1n) is 8.43. The summed E-state index contributed by atoms with van der Waals surface area (Å²) >= 11 is 3.51. The quantitative estimate of drug-likeness (QED) is 0.617. The van der Waals surface area contributed by atoms with Gasteiger partial charge >= 0.3 is 0 Å². The Kier molecular flexibility index (Phi) is 5.81. The fourth-order valence-corrected chi connectivity index (χ4v) is 3.20. The van der Waals surface area contributed by atoms with Crippen LogP contribution >= 0.6 is 15.9 Å². The second-order valence-electron chi connectivity index (χ2n) is 6.10. The molecule has 0 fully saturated rings. The van der Waals surface area contributed by atoms with Crippen LogP contribution in [-0.4, -0.2) is 27.0 Å². The third-order valence-electron chi connectivity index (χ3n) is 4.03. The number of carbonyl (C=O) groups is 1. The number of amides is 1. The Balaban J connectivity index is 1.40. The lowest BCUT2D eigenvalue weighted by Gasteiger charge is -2.07. The predicted octanol–water partition coefficient (Wildman–Crippen LogP) is 3.48. The van der Waals surface area contributed by atoms with E-state index in [-0.39, 0.29) is 5.91 Å². The van der Waals surface area contributed by atoms with E-state index >= 15 is 0 Å². The van der Waals surface area contributed by atoms with Gasteiger partial charge in [0.05, 0.1) is 5.69 Å². The molecule has 0 atom stereocenters. The Labute approximate surface area is 155 Å². The van der Waals surface area contributed by atoms with Crippen LogP contribution in [0.2, 0.25) is 0 Å². The molecule has 0 aliphatic rings. The van der Waals surface area contributed by atoms with Crippen molar-refractivity contribution < 1.29 is 4.79 Å². The third kappa shape index (κ3) is 4.89. The molecule has 0 aliphatic heterocycles. The van der Waals surface area contributed by atoms with E-state index in [9.17, 15) is 4.79 Å². The van der Waals surface area contributed by atoms with Crippen LogP contribution in [0.4, 0.5) is 0 Å². The molecular weight excluding hydrogens is 380 g/mol. The van der Waals surface area contributed by atoms with E-state index < -0.39 is 0 Å². The molecule has 1 N–H and O–H groups in total. The van der Waals surface area contributed by atoms with E-state index in [4.69, 9.17) is 0 Å². The van der Waals surface area contributed by atoms with Gasteiger partial charge in [-0.25, -0.2) is 9.50 Å². The van der Waals surface area contributed by atoms with Crippen molar-refractivity contribution in [3.63, 3.8) is 0 Å². The zero-order valence-corrected chi connectivity index (χ0v) is 15.8. The van der Waals surface area contributed by atoms with Crippen LogP contribution in [0, 0.1) is 6.92 Å². The standard InChI is InChI=1S/C19H21BrN4O/c1-14-11-18-22-12-15(13-24(18)23-14)5-4-10-21-19(25)9-8-16-6-2-3-7-17(16)20/h2-3,6-7,11-13H,4-5,8-10H2,1H3,(H,21,25). The summed E-state index contributed by atoms with van der Waals surface area (Å²) in [6.07, 6.45) is 6.88. The summed E-state index contributed by atoms with van der Waals surface area (Å²) in [7, 11) is 0. The fourth-order valence-electron chi connectivity index (χ4n) is 2.72. The zero-order valence-electron chi connectivity index (χ0n) is 14.2. The smallest absolute Gasteiger partial charge is 0.220 e. The number of hydrogen-bond donors (Lipinski definition) is 1. The van der Waals surface area contributed by atoms with Gasteiger partial charge in [-0.2, -0.15) is 5.10 Å². The summed E-state index contributed by atoms with van der Waals surface area (Å²) in [6, 6.07) is 9.96. The molecule has 1 aromatic carbocycles. The zero-order chi connectivity index (χ0) is 17.6. The minimum absolute atomic E-state index is 0.0898.